The van der Waals surface area contributed by atoms with Gasteiger partial charge in [-0.15, -0.1) is 34.2 Å². The van der Waals surface area contributed by atoms with Gasteiger partial charge in [0.1, 0.15) is 12.2 Å². The smallest absolute Gasteiger partial charge is 0.191 e. The van der Waals surface area contributed by atoms with Gasteiger partial charge < -0.3 is 15.2 Å². The molecule has 0 aliphatic heterocycles. The molecule has 0 aromatic carbocycles. The van der Waals surface area contributed by atoms with Crippen LogP contribution in [-0.4, -0.2) is 64.9 Å². The molecule has 0 spiro atoms. The molecule has 0 radical (unpaired) electrons. The first kappa shape index (κ1) is 22.1. The SMILES string of the molecule is CCc1nncn1CCNC(=NC)NCCN(CC)C(C)C.I. The molecule has 0 unspecified atom stereocenters. The largest absolute Gasteiger partial charge is 0.355 e. The lowest BCUT2D eigenvalue weighted by atomic mass is 10.3. The maximum atomic E-state index is 4.25. The molecule has 0 fully saturated rings. The number of nitrogens with one attached hydrogen (secondary N) is 2. The highest BCUT2D eigenvalue weighted by Gasteiger charge is 2.06. The fourth-order valence-electron chi connectivity index (χ4n) is 2.35. The van der Waals surface area contributed by atoms with Crippen LogP contribution in [0.2, 0.25) is 0 Å². The fraction of sp³-hybridized carbons (Fsp3) is 0.800. The molecule has 8 heteroatoms. The van der Waals surface area contributed by atoms with E-state index in [1.54, 1.807) is 13.4 Å². The molecule has 1 rings (SSSR count). The number of hydrogen-bond donors (Lipinski definition) is 2. The van der Waals surface area contributed by atoms with E-state index < -0.39 is 0 Å². The second-order valence-electron chi connectivity index (χ2n) is 5.44. The van der Waals surface area contributed by atoms with Crippen molar-refractivity contribution in [2.75, 3.05) is 33.2 Å². The van der Waals surface area contributed by atoms with Crippen molar-refractivity contribution in [3.05, 3.63) is 12.2 Å². The third-order valence-corrected chi connectivity index (χ3v) is 3.71. The summed E-state index contributed by atoms with van der Waals surface area (Å²) in [5, 5.41) is 14.7. The molecule has 1 aromatic heterocycles. The zero-order valence-corrected chi connectivity index (χ0v) is 17.4. The third-order valence-electron chi connectivity index (χ3n) is 3.71. The Morgan fingerprint density at radius 3 is 2.57 bits per heavy atom. The minimum absolute atomic E-state index is 0. The van der Waals surface area contributed by atoms with Gasteiger partial charge in [-0.2, -0.15) is 0 Å². The summed E-state index contributed by atoms with van der Waals surface area (Å²) in [5.41, 5.74) is 0. The quantitative estimate of drug-likeness (QED) is 0.347. The topological polar surface area (TPSA) is 70.4 Å². The van der Waals surface area contributed by atoms with Crippen molar-refractivity contribution in [1.29, 1.82) is 0 Å². The van der Waals surface area contributed by atoms with Crippen LogP contribution >= 0.6 is 24.0 Å². The normalized spacial score (nSPS) is 11.7. The van der Waals surface area contributed by atoms with Gasteiger partial charge in [-0.1, -0.05) is 13.8 Å². The standard InChI is InChI=1S/C15H31N7.HI/c1-6-14-20-19-12-22(14)11-9-18-15(16-5)17-8-10-21(7-2)13(3)4;/h12-13H,6-11H2,1-5H3,(H2,16,17,18);1H. The van der Waals surface area contributed by atoms with Gasteiger partial charge in [0.2, 0.25) is 0 Å². The summed E-state index contributed by atoms with van der Waals surface area (Å²) in [7, 11) is 1.80. The Hall–Kier alpha value is -0.900. The number of halogens is 1. The molecule has 2 N–H and O–H groups in total. The second-order valence-corrected chi connectivity index (χ2v) is 5.44. The number of rotatable bonds is 9. The van der Waals surface area contributed by atoms with Gasteiger partial charge in [0.05, 0.1) is 0 Å². The van der Waals surface area contributed by atoms with Crippen molar-refractivity contribution in [3.8, 4) is 0 Å². The molecule has 1 aromatic rings. The predicted molar refractivity (Wildman–Crippen MR) is 107 cm³/mol. The number of hydrogen-bond acceptors (Lipinski definition) is 4. The van der Waals surface area contributed by atoms with Crippen molar-refractivity contribution in [2.24, 2.45) is 4.99 Å². The van der Waals surface area contributed by atoms with Crippen molar-refractivity contribution in [2.45, 2.75) is 46.7 Å². The lowest BCUT2D eigenvalue weighted by Gasteiger charge is -2.25. The molecule has 0 atom stereocenters. The highest BCUT2D eigenvalue weighted by Crippen LogP contribution is 1.96. The van der Waals surface area contributed by atoms with E-state index >= 15 is 0 Å². The first-order valence-electron chi connectivity index (χ1n) is 8.17. The molecule has 7 nitrogen and oxygen atoms in total. The van der Waals surface area contributed by atoms with Crippen molar-refractivity contribution < 1.29 is 0 Å². The van der Waals surface area contributed by atoms with Crippen LogP contribution in [0.4, 0.5) is 0 Å². The Morgan fingerprint density at radius 2 is 2.00 bits per heavy atom. The average Bonchev–Trinajstić information content (AvgIpc) is 2.96. The molecule has 23 heavy (non-hydrogen) atoms. The van der Waals surface area contributed by atoms with Crippen molar-refractivity contribution in [3.63, 3.8) is 0 Å². The maximum absolute atomic E-state index is 4.25. The Labute approximate surface area is 157 Å². The summed E-state index contributed by atoms with van der Waals surface area (Å²) in [6, 6.07) is 0.572. The minimum Gasteiger partial charge on any atom is -0.355 e. The van der Waals surface area contributed by atoms with Crippen LogP contribution in [0.5, 0.6) is 0 Å². The van der Waals surface area contributed by atoms with E-state index in [1.807, 2.05) is 0 Å². The Morgan fingerprint density at radius 1 is 1.30 bits per heavy atom. The van der Waals surface area contributed by atoms with Crippen LogP contribution in [0.25, 0.3) is 0 Å². The van der Waals surface area contributed by atoms with E-state index in [0.29, 0.717) is 6.04 Å². The molecule has 0 amide bonds. The van der Waals surface area contributed by atoms with Gasteiger partial charge in [-0.05, 0) is 20.4 Å². The summed E-state index contributed by atoms with van der Waals surface area (Å²) in [6.45, 7) is 13.3. The van der Waals surface area contributed by atoms with E-state index in [4.69, 9.17) is 0 Å². The second kappa shape index (κ2) is 12.5. The Balaban J connectivity index is 0.00000484. The van der Waals surface area contributed by atoms with E-state index in [-0.39, 0.29) is 24.0 Å². The van der Waals surface area contributed by atoms with Crippen LogP contribution in [0.1, 0.15) is 33.5 Å². The average molecular weight is 437 g/mol. The van der Waals surface area contributed by atoms with Crippen molar-refractivity contribution in [1.82, 2.24) is 30.3 Å². The zero-order chi connectivity index (χ0) is 16.4. The first-order valence-corrected chi connectivity index (χ1v) is 8.17. The van der Waals surface area contributed by atoms with E-state index in [9.17, 15) is 0 Å². The molecule has 0 saturated carbocycles. The van der Waals surface area contributed by atoms with Crippen molar-refractivity contribution >= 4 is 29.9 Å². The molecular weight excluding hydrogens is 405 g/mol. The van der Waals surface area contributed by atoms with E-state index in [1.165, 1.54) is 0 Å². The van der Waals surface area contributed by atoms with Gasteiger partial charge in [0.15, 0.2) is 5.96 Å². The predicted octanol–water partition coefficient (Wildman–Crippen LogP) is 1.35. The van der Waals surface area contributed by atoms with Gasteiger partial charge in [0, 0.05) is 45.7 Å². The number of guanidine groups is 1. The van der Waals surface area contributed by atoms with Gasteiger partial charge in [0.25, 0.3) is 0 Å². The summed E-state index contributed by atoms with van der Waals surface area (Å²) >= 11 is 0. The number of aryl methyl sites for hydroxylation is 1. The number of likely N-dealkylation sites (N-methyl/N-ethyl adjacent to an activating group) is 1. The van der Waals surface area contributed by atoms with Crippen LogP contribution in [0.3, 0.4) is 0 Å². The Kier molecular flexibility index (Phi) is 12.0. The van der Waals surface area contributed by atoms with Crippen LogP contribution in [-0.2, 0) is 13.0 Å². The van der Waals surface area contributed by atoms with Gasteiger partial charge in [-0.25, -0.2) is 0 Å². The molecular formula is C15H32IN7. The molecule has 134 valence electrons. The zero-order valence-electron chi connectivity index (χ0n) is 15.0. The van der Waals surface area contributed by atoms with Crippen LogP contribution < -0.4 is 10.6 Å². The first-order chi connectivity index (χ1) is 10.6. The lowest BCUT2D eigenvalue weighted by molar-refractivity contribution is 0.237. The van der Waals surface area contributed by atoms with Crippen LogP contribution in [0.15, 0.2) is 11.3 Å². The number of nitrogens with zero attached hydrogens (tertiary/aromatic N) is 5. The van der Waals surface area contributed by atoms with E-state index in [0.717, 1.165) is 50.9 Å². The summed E-state index contributed by atoms with van der Waals surface area (Å²) < 4.78 is 2.07. The fourth-order valence-corrected chi connectivity index (χ4v) is 2.35. The summed E-state index contributed by atoms with van der Waals surface area (Å²) in [5.74, 6) is 1.85. The summed E-state index contributed by atoms with van der Waals surface area (Å²) in [6.07, 6.45) is 2.67. The van der Waals surface area contributed by atoms with Gasteiger partial charge >= 0.3 is 0 Å². The third kappa shape index (κ3) is 7.96. The van der Waals surface area contributed by atoms with Crippen LogP contribution in [0, 0.1) is 0 Å². The maximum Gasteiger partial charge on any atom is 0.191 e. The highest BCUT2D eigenvalue weighted by molar-refractivity contribution is 14.0. The Bertz CT molecular complexity index is 445. The minimum atomic E-state index is 0. The monoisotopic (exact) mass is 437 g/mol. The molecule has 1 heterocycles. The molecule has 0 aliphatic carbocycles. The molecule has 0 saturated heterocycles. The molecule has 0 aliphatic rings. The lowest BCUT2D eigenvalue weighted by Crippen LogP contribution is -2.43. The van der Waals surface area contributed by atoms with E-state index in [2.05, 4.69) is 63.0 Å². The molecule has 0 bridgehead atoms. The van der Waals surface area contributed by atoms with Gasteiger partial charge in [-0.3, -0.25) is 9.89 Å². The highest BCUT2D eigenvalue weighted by atomic mass is 127. The number of aliphatic imine (C=N–C) groups is 1. The summed E-state index contributed by atoms with van der Waals surface area (Å²) in [4.78, 5) is 6.67. The number of aromatic nitrogens is 3.